The molecule has 2 amide bonds. The van der Waals surface area contributed by atoms with Gasteiger partial charge in [0.15, 0.2) is 9.84 Å². The van der Waals surface area contributed by atoms with Crippen molar-refractivity contribution >= 4 is 15.9 Å². The van der Waals surface area contributed by atoms with Crippen LogP contribution in [0.15, 0.2) is 58.0 Å². The van der Waals surface area contributed by atoms with E-state index in [0.29, 0.717) is 5.76 Å². The van der Waals surface area contributed by atoms with Crippen molar-refractivity contribution in [1.29, 1.82) is 0 Å². The highest BCUT2D eigenvalue weighted by atomic mass is 32.2. The molecule has 0 spiro atoms. The summed E-state index contributed by atoms with van der Waals surface area (Å²) in [5.74, 6) is 0.294. The molecule has 2 rings (SSSR count). The van der Waals surface area contributed by atoms with Crippen molar-refractivity contribution in [3.63, 3.8) is 0 Å². The van der Waals surface area contributed by atoms with Gasteiger partial charge in [-0.1, -0.05) is 25.1 Å². The maximum atomic E-state index is 12.9. The van der Waals surface area contributed by atoms with Gasteiger partial charge in [-0.2, -0.15) is 0 Å². The molecule has 6 nitrogen and oxygen atoms in total. The second kappa shape index (κ2) is 8.01. The average molecular weight is 350 g/mol. The van der Waals surface area contributed by atoms with Crippen LogP contribution in [-0.4, -0.2) is 27.0 Å². The van der Waals surface area contributed by atoms with E-state index in [1.54, 1.807) is 30.3 Å². The van der Waals surface area contributed by atoms with Gasteiger partial charge in [-0.3, -0.25) is 0 Å². The molecule has 1 aromatic heterocycles. The van der Waals surface area contributed by atoms with Crippen LogP contribution in [-0.2, 0) is 9.84 Å². The smallest absolute Gasteiger partial charge is 0.315 e. The van der Waals surface area contributed by atoms with Gasteiger partial charge in [0.05, 0.1) is 11.2 Å². The van der Waals surface area contributed by atoms with Crippen molar-refractivity contribution in [2.45, 2.75) is 36.5 Å². The summed E-state index contributed by atoms with van der Waals surface area (Å²) in [4.78, 5) is 12.1. The van der Waals surface area contributed by atoms with Gasteiger partial charge in [0.25, 0.3) is 0 Å². The summed E-state index contributed by atoms with van der Waals surface area (Å²) in [6.07, 6.45) is 2.21. The number of urea groups is 1. The van der Waals surface area contributed by atoms with E-state index in [1.165, 1.54) is 18.4 Å². The monoisotopic (exact) mass is 350 g/mol. The molecule has 1 aromatic carbocycles. The lowest BCUT2D eigenvalue weighted by atomic mass is 10.3. The molecule has 0 saturated heterocycles. The van der Waals surface area contributed by atoms with E-state index in [2.05, 4.69) is 10.6 Å². The van der Waals surface area contributed by atoms with Gasteiger partial charge in [0, 0.05) is 12.6 Å². The first-order valence-electron chi connectivity index (χ1n) is 7.81. The summed E-state index contributed by atoms with van der Waals surface area (Å²) in [7, 11) is -3.69. The quantitative estimate of drug-likeness (QED) is 0.803. The molecule has 0 fully saturated rings. The Morgan fingerprint density at radius 2 is 1.88 bits per heavy atom. The molecule has 1 heterocycles. The Bertz CT molecular complexity index is 742. The zero-order chi connectivity index (χ0) is 17.6. The number of benzene rings is 1. The van der Waals surface area contributed by atoms with Crippen LogP contribution in [0.25, 0.3) is 0 Å². The lowest BCUT2D eigenvalue weighted by molar-refractivity contribution is 0.237. The van der Waals surface area contributed by atoms with Crippen molar-refractivity contribution in [3.05, 3.63) is 54.5 Å². The summed E-state index contributed by atoms with van der Waals surface area (Å²) in [5.41, 5.74) is 0. The van der Waals surface area contributed by atoms with Crippen molar-refractivity contribution in [2.75, 3.05) is 6.54 Å². The normalized spacial score (nSPS) is 13.9. The van der Waals surface area contributed by atoms with Crippen LogP contribution in [0.1, 0.15) is 31.3 Å². The number of amides is 2. The van der Waals surface area contributed by atoms with Gasteiger partial charge in [0.2, 0.25) is 0 Å². The zero-order valence-electron chi connectivity index (χ0n) is 13.7. The average Bonchev–Trinajstić information content (AvgIpc) is 3.09. The van der Waals surface area contributed by atoms with Crippen molar-refractivity contribution < 1.29 is 17.6 Å². The minimum atomic E-state index is -3.69. The third-order valence-electron chi connectivity index (χ3n) is 3.74. The van der Waals surface area contributed by atoms with Crippen LogP contribution >= 0.6 is 0 Å². The molecule has 130 valence electrons. The van der Waals surface area contributed by atoms with Crippen LogP contribution in [0.3, 0.4) is 0 Å². The van der Waals surface area contributed by atoms with Gasteiger partial charge < -0.3 is 15.1 Å². The first-order valence-corrected chi connectivity index (χ1v) is 9.36. The Morgan fingerprint density at radius 1 is 1.17 bits per heavy atom. The Kier molecular flexibility index (Phi) is 6.03. The predicted molar refractivity (Wildman–Crippen MR) is 91.4 cm³/mol. The molecular formula is C17H22N2O4S. The van der Waals surface area contributed by atoms with E-state index in [-0.39, 0.29) is 17.5 Å². The molecular weight excluding hydrogens is 328 g/mol. The van der Waals surface area contributed by atoms with Crippen LogP contribution in [0.4, 0.5) is 4.79 Å². The molecule has 2 N–H and O–H groups in total. The van der Waals surface area contributed by atoms with E-state index in [1.807, 2.05) is 13.8 Å². The number of rotatable bonds is 7. The van der Waals surface area contributed by atoms with E-state index < -0.39 is 21.1 Å². The molecule has 0 aliphatic rings. The molecule has 0 aliphatic carbocycles. The summed E-state index contributed by atoms with van der Waals surface area (Å²) in [6.45, 7) is 3.76. The van der Waals surface area contributed by atoms with E-state index >= 15 is 0 Å². The maximum Gasteiger partial charge on any atom is 0.315 e. The van der Waals surface area contributed by atoms with Gasteiger partial charge in [-0.15, -0.1) is 0 Å². The number of hydrogen-bond donors (Lipinski definition) is 2. The molecule has 0 bridgehead atoms. The fourth-order valence-corrected chi connectivity index (χ4v) is 3.78. The van der Waals surface area contributed by atoms with Crippen LogP contribution in [0, 0.1) is 0 Å². The number of nitrogens with one attached hydrogen (secondary N) is 2. The van der Waals surface area contributed by atoms with E-state index in [9.17, 15) is 13.2 Å². The van der Waals surface area contributed by atoms with E-state index in [4.69, 9.17) is 4.42 Å². The fourth-order valence-electron chi connectivity index (χ4n) is 2.17. The van der Waals surface area contributed by atoms with Crippen LogP contribution in [0.5, 0.6) is 0 Å². The SMILES string of the molecule is CCC(C)NC(=O)NCC(c1ccco1)S(=O)(=O)c1ccccc1. The molecule has 24 heavy (non-hydrogen) atoms. The zero-order valence-corrected chi connectivity index (χ0v) is 14.5. The molecule has 0 saturated carbocycles. The minimum absolute atomic E-state index is 0.0118. The van der Waals surface area contributed by atoms with Crippen LogP contribution < -0.4 is 10.6 Å². The fraction of sp³-hybridized carbons (Fsp3) is 0.353. The highest BCUT2D eigenvalue weighted by Crippen LogP contribution is 2.28. The number of carbonyl (C=O) groups excluding carboxylic acids is 1. The Labute approximate surface area is 142 Å². The molecule has 2 aromatic rings. The maximum absolute atomic E-state index is 12.9. The second-order valence-electron chi connectivity index (χ2n) is 5.53. The van der Waals surface area contributed by atoms with E-state index in [0.717, 1.165) is 6.42 Å². The minimum Gasteiger partial charge on any atom is -0.468 e. The Hall–Kier alpha value is -2.28. The lowest BCUT2D eigenvalue weighted by Gasteiger charge is -2.18. The van der Waals surface area contributed by atoms with Gasteiger partial charge >= 0.3 is 6.03 Å². The third kappa shape index (κ3) is 4.38. The second-order valence-corrected chi connectivity index (χ2v) is 7.66. The van der Waals surface area contributed by atoms with Crippen molar-refractivity contribution in [2.24, 2.45) is 0 Å². The largest absolute Gasteiger partial charge is 0.468 e. The Balaban J connectivity index is 2.19. The van der Waals surface area contributed by atoms with Gasteiger partial charge in [-0.25, -0.2) is 13.2 Å². The molecule has 2 atom stereocenters. The molecule has 2 unspecified atom stereocenters. The van der Waals surface area contributed by atoms with Gasteiger partial charge in [0.1, 0.15) is 11.0 Å². The Morgan fingerprint density at radius 3 is 2.46 bits per heavy atom. The predicted octanol–water partition coefficient (Wildman–Crippen LogP) is 2.89. The number of sulfone groups is 1. The number of carbonyl (C=O) groups is 1. The highest BCUT2D eigenvalue weighted by Gasteiger charge is 2.31. The highest BCUT2D eigenvalue weighted by molar-refractivity contribution is 7.91. The van der Waals surface area contributed by atoms with Gasteiger partial charge in [-0.05, 0) is 37.6 Å². The first-order chi connectivity index (χ1) is 11.4. The summed E-state index contributed by atoms with van der Waals surface area (Å²) < 4.78 is 31.1. The standard InChI is InChI=1S/C17H22N2O4S/c1-3-13(2)19-17(20)18-12-16(15-10-7-11-23-15)24(21,22)14-8-5-4-6-9-14/h4-11,13,16H,3,12H2,1-2H3,(H2,18,19,20). The number of hydrogen-bond acceptors (Lipinski definition) is 4. The van der Waals surface area contributed by atoms with Crippen molar-refractivity contribution in [3.8, 4) is 0 Å². The molecule has 0 aliphatic heterocycles. The summed E-state index contributed by atoms with van der Waals surface area (Å²) in [5, 5.41) is 4.38. The first kappa shape index (κ1) is 18.1. The molecule has 0 radical (unpaired) electrons. The summed E-state index contributed by atoms with van der Waals surface area (Å²) in [6, 6.07) is 11.0. The lowest BCUT2D eigenvalue weighted by Crippen LogP contribution is -2.42. The number of furan rings is 1. The van der Waals surface area contributed by atoms with Crippen LogP contribution in [0.2, 0.25) is 0 Å². The third-order valence-corrected chi connectivity index (χ3v) is 5.82. The molecule has 7 heteroatoms. The van der Waals surface area contributed by atoms with Crippen molar-refractivity contribution in [1.82, 2.24) is 10.6 Å². The summed E-state index contributed by atoms with van der Waals surface area (Å²) >= 11 is 0. The topological polar surface area (TPSA) is 88.4 Å².